The molecule has 0 heterocycles. The molecule has 0 aromatic heterocycles. The van der Waals surface area contributed by atoms with E-state index < -0.39 is 0 Å². The molecule has 0 aromatic carbocycles. The van der Waals surface area contributed by atoms with Crippen LogP contribution >= 0.6 is 0 Å². The van der Waals surface area contributed by atoms with Gasteiger partial charge in [0.05, 0.1) is 6.10 Å². The van der Waals surface area contributed by atoms with E-state index in [2.05, 4.69) is 47.1 Å². The summed E-state index contributed by atoms with van der Waals surface area (Å²) in [4.78, 5) is 0. The van der Waals surface area contributed by atoms with Gasteiger partial charge >= 0.3 is 0 Å². The molecule has 0 amide bonds. The molecule has 3 fully saturated rings. The van der Waals surface area contributed by atoms with Crippen LogP contribution in [0.1, 0.15) is 98.8 Å². The van der Waals surface area contributed by atoms with E-state index in [0.717, 1.165) is 36.0 Å². The summed E-state index contributed by atoms with van der Waals surface area (Å²) in [5.41, 5.74) is 2.22. The smallest absolute Gasteiger partial charge is 0.0602 e. The second-order valence-electron chi connectivity index (χ2n) is 11.9. The first-order chi connectivity index (χ1) is 13.3. The van der Waals surface area contributed by atoms with Crippen molar-refractivity contribution >= 4 is 0 Å². The van der Waals surface area contributed by atoms with E-state index in [0.29, 0.717) is 11.3 Å². The maximum Gasteiger partial charge on any atom is 0.0602 e. The van der Waals surface area contributed by atoms with Gasteiger partial charge < -0.3 is 5.11 Å². The summed E-state index contributed by atoms with van der Waals surface area (Å²) in [6.07, 6.45) is 17.9. The third-order valence-corrected chi connectivity index (χ3v) is 10.2. The summed E-state index contributed by atoms with van der Waals surface area (Å²) < 4.78 is 0. The van der Waals surface area contributed by atoms with Crippen molar-refractivity contribution in [2.75, 3.05) is 0 Å². The normalized spacial score (nSPS) is 46.5. The Balaban J connectivity index is 1.54. The number of aliphatic hydroxyl groups excluding tert-OH is 1. The highest BCUT2D eigenvalue weighted by Gasteiger charge is 2.62. The summed E-state index contributed by atoms with van der Waals surface area (Å²) in [7, 11) is 0. The number of allylic oxidation sites excluding steroid dienone is 2. The lowest BCUT2D eigenvalue weighted by atomic mass is 9.46. The van der Waals surface area contributed by atoms with E-state index in [1.54, 1.807) is 5.57 Å². The van der Waals surface area contributed by atoms with Gasteiger partial charge in [-0.1, -0.05) is 65.5 Å². The Morgan fingerprint density at radius 1 is 1.11 bits per heavy atom. The first-order valence-electron chi connectivity index (χ1n) is 12.5. The Morgan fingerprint density at radius 2 is 1.89 bits per heavy atom. The van der Waals surface area contributed by atoms with Crippen molar-refractivity contribution in [1.82, 2.24) is 0 Å². The predicted molar refractivity (Wildman–Crippen MR) is 119 cm³/mol. The monoisotopic (exact) mass is 385 g/mol. The maximum absolute atomic E-state index is 11.6. The Bertz CT molecular complexity index is 591. The molecule has 28 heavy (non-hydrogen) atoms. The van der Waals surface area contributed by atoms with E-state index in [9.17, 15) is 5.11 Å². The van der Waals surface area contributed by atoms with Gasteiger partial charge in [0, 0.05) is 0 Å². The SMILES string of the molecule is CC(C)CCC[C@@H](C)[C@H]1CC[C@H]2[C@@H]3CC=C4C[CH]CC[C@]4(C)[C@H]3CC(O)[C@]12C. The molecule has 3 saturated carbocycles. The van der Waals surface area contributed by atoms with Crippen molar-refractivity contribution in [1.29, 1.82) is 0 Å². The molecular formula is C27H45O. The lowest BCUT2D eigenvalue weighted by Crippen LogP contribution is -2.56. The molecule has 1 unspecified atom stereocenters. The van der Waals surface area contributed by atoms with Gasteiger partial charge in [-0.2, -0.15) is 0 Å². The van der Waals surface area contributed by atoms with Gasteiger partial charge in [0.15, 0.2) is 0 Å². The summed E-state index contributed by atoms with van der Waals surface area (Å²) in [6.45, 7) is 12.2. The third kappa shape index (κ3) is 3.23. The van der Waals surface area contributed by atoms with Gasteiger partial charge in [0.25, 0.3) is 0 Å². The second-order valence-corrected chi connectivity index (χ2v) is 11.9. The van der Waals surface area contributed by atoms with E-state index in [1.807, 2.05) is 0 Å². The Hall–Kier alpha value is -0.300. The molecule has 1 heteroatoms. The summed E-state index contributed by atoms with van der Waals surface area (Å²) in [5.74, 6) is 4.56. The Morgan fingerprint density at radius 3 is 2.64 bits per heavy atom. The summed E-state index contributed by atoms with van der Waals surface area (Å²) in [5, 5.41) is 11.6. The summed E-state index contributed by atoms with van der Waals surface area (Å²) >= 11 is 0. The predicted octanol–water partition coefficient (Wildman–Crippen LogP) is 7.20. The minimum Gasteiger partial charge on any atom is -0.393 e. The van der Waals surface area contributed by atoms with E-state index in [1.165, 1.54) is 57.8 Å². The average Bonchev–Trinajstić information content (AvgIpc) is 3.01. The maximum atomic E-state index is 11.6. The minimum absolute atomic E-state index is 0.0964. The minimum atomic E-state index is -0.0964. The van der Waals surface area contributed by atoms with Gasteiger partial charge in [0.1, 0.15) is 0 Å². The number of fused-ring (bicyclic) bond motifs is 5. The van der Waals surface area contributed by atoms with Crippen molar-refractivity contribution in [3.63, 3.8) is 0 Å². The molecule has 4 aliphatic carbocycles. The van der Waals surface area contributed by atoms with Gasteiger partial charge in [-0.25, -0.2) is 0 Å². The molecule has 4 aliphatic rings. The fourth-order valence-corrected chi connectivity index (χ4v) is 8.45. The lowest BCUT2D eigenvalue weighted by Gasteiger charge is -2.59. The van der Waals surface area contributed by atoms with Crippen LogP contribution in [0.3, 0.4) is 0 Å². The zero-order chi connectivity index (χ0) is 20.1. The van der Waals surface area contributed by atoms with Crippen LogP contribution < -0.4 is 0 Å². The van der Waals surface area contributed by atoms with Crippen molar-refractivity contribution in [2.45, 2.75) is 105 Å². The van der Waals surface area contributed by atoms with Crippen LogP contribution in [0.2, 0.25) is 0 Å². The number of hydrogen-bond donors (Lipinski definition) is 1. The molecule has 1 nitrogen and oxygen atoms in total. The molecule has 0 saturated heterocycles. The molecule has 159 valence electrons. The van der Waals surface area contributed by atoms with Crippen molar-refractivity contribution < 1.29 is 5.11 Å². The zero-order valence-corrected chi connectivity index (χ0v) is 19.2. The quantitative estimate of drug-likeness (QED) is 0.496. The Labute approximate surface area is 174 Å². The molecule has 0 aromatic rings. The van der Waals surface area contributed by atoms with E-state index in [-0.39, 0.29) is 11.5 Å². The van der Waals surface area contributed by atoms with Crippen LogP contribution in [0.15, 0.2) is 11.6 Å². The van der Waals surface area contributed by atoms with E-state index >= 15 is 0 Å². The van der Waals surface area contributed by atoms with Crippen LogP contribution in [0.4, 0.5) is 0 Å². The van der Waals surface area contributed by atoms with E-state index in [4.69, 9.17) is 0 Å². The second kappa shape index (κ2) is 7.75. The first-order valence-corrected chi connectivity index (χ1v) is 12.5. The molecule has 1 N–H and O–H groups in total. The number of rotatable bonds is 5. The van der Waals surface area contributed by atoms with Gasteiger partial charge in [-0.15, -0.1) is 0 Å². The molecule has 0 bridgehead atoms. The number of hydrogen-bond acceptors (Lipinski definition) is 1. The molecule has 8 atom stereocenters. The van der Waals surface area contributed by atoms with Gasteiger partial charge in [-0.3, -0.25) is 0 Å². The van der Waals surface area contributed by atoms with Crippen molar-refractivity contribution in [3.05, 3.63) is 18.1 Å². The lowest BCUT2D eigenvalue weighted by molar-refractivity contribution is -0.133. The van der Waals surface area contributed by atoms with Crippen LogP contribution in [0.5, 0.6) is 0 Å². The summed E-state index contributed by atoms with van der Waals surface area (Å²) in [6, 6.07) is 0. The molecule has 4 rings (SSSR count). The molecule has 0 spiro atoms. The molecule has 0 aliphatic heterocycles. The van der Waals surface area contributed by atoms with Gasteiger partial charge in [0.2, 0.25) is 0 Å². The zero-order valence-electron chi connectivity index (χ0n) is 19.2. The van der Waals surface area contributed by atoms with Crippen LogP contribution in [-0.2, 0) is 0 Å². The largest absolute Gasteiger partial charge is 0.393 e. The topological polar surface area (TPSA) is 20.2 Å². The van der Waals surface area contributed by atoms with Crippen molar-refractivity contribution in [3.8, 4) is 0 Å². The number of aliphatic hydroxyl groups is 1. The van der Waals surface area contributed by atoms with Gasteiger partial charge in [-0.05, 0) is 97.7 Å². The average molecular weight is 386 g/mol. The standard InChI is InChI=1S/C27H45O/c1-18(2)9-8-10-19(3)22-14-15-23-21-13-12-20-11-6-7-16-26(20,4)24(21)17-25(28)27(22,23)5/h6,12,18-19,21-25,28H,7-11,13-17H2,1-5H3/t19-,21+,22-,23+,24+,25?,26+,27-/m1/s1. The van der Waals surface area contributed by atoms with Crippen LogP contribution in [0.25, 0.3) is 0 Å². The fourth-order valence-electron chi connectivity index (χ4n) is 8.45. The molecular weight excluding hydrogens is 340 g/mol. The van der Waals surface area contributed by atoms with Crippen LogP contribution in [-0.4, -0.2) is 11.2 Å². The van der Waals surface area contributed by atoms with Crippen molar-refractivity contribution in [2.24, 2.45) is 46.3 Å². The highest BCUT2D eigenvalue weighted by molar-refractivity contribution is 5.27. The fraction of sp³-hybridized carbons (Fsp3) is 0.889. The first kappa shape index (κ1) is 21.0. The Kier molecular flexibility index (Phi) is 5.80. The molecule has 1 radical (unpaired) electrons. The van der Waals surface area contributed by atoms with Crippen LogP contribution in [0, 0.1) is 52.8 Å². The highest BCUT2D eigenvalue weighted by atomic mass is 16.3. The third-order valence-electron chi connectivity index (χ3n) is 10.2. The highest BCUT2D eigenvalue weighted by Crippen LogP contribution is 2.67.